The third kappa shape index (κ3) is 5.40. The van der Waals surface area contributed by atoms with Crippen LogP contribution in [0.4, 0.5) is 5.69 Å². The molecule has 2 rings (SSSR count). The topological polar surface area (TPSA) is 41.5 Å². The van der Waals surface area contributed by atoms with Gasteiger partial charge in [0.15, 0.2) is 0 Å². The van der Waals surface area contributed by atoms with Crippen LogP contribution in [0.25, 0.3) is 0 Å². The molecular formula is C17H20BrNO2. The van der Waals surface area contributed by atoms with Crippen molar-refractivity contribution in [1.29, 1.82) is 0 Å². The van der Waals surface area contributed by atoms with E-state index >= 15 is 0 Å². The summed E-state index contributed by atoms with van der Waals surface area (Å²) in [5, 5.41) is 13.2. The maximum absolute atomic E-state index is 9.97. The highest BCUT2D eigenvalue weighted by molar-refractivity contribution is 9.10. The fraction of sp³-hybridized carbons (Fsp3) is 0.294. The number of aliphatic hydroxyl groups excluding tert-OH is 1. The van der Waals surface area contributed by atoms with Crippen molar-refractivity contribution in [2.45, 2.75) is 20.0 Å². The van der Waals surface area contributed by atoms with Gasteiger partial charge >= 0.3 is 0 Å². The lowest BCUT2D eigenvalue weighted by Crippen LogP contribution is -2.26. The van der Waals surface area contributed by atoms with Crippen LogP contribution >= 0.6 is 15.9 Å². The Balaban J connectivity index is 1.79. The average Bonchev–Trinajstić information content (AvgIpc) is 2.43. The summed E-state index contributed by atoms with van der Waals surface area (Å²) in [7, 11) is 0. The third-order valence-corrected chi connectivity index (χ3v) is 3.51. The molecule has 0 fully saturated rings. The normalized spacial score (nSPS) is 12.0. The van der Waals surface area contributed by atoms with Crippen LogP contribution < -0.4 is 10.1 Å². The van der Waals surface area contributed by atoms with Crippen molar-refractivity contribution >= 4 is 21.6 Å². The predicted octanol–water partition coefficient (Wildman–Crippen LogP) is 3.92. The van der Waals surface area contributed by atoms with Crippen molar-refractivity contribution in [1.82, 2.24) is 0 Å². The molecule has 0 heterocycles. The second kappa shape index (κ2) is 7.48. The lowest BCUT2D eigenvalue weighted by molar-refractivity contribution is 0.117. The fourth-order valence-electron chi connectivity index (χ4n) is 1.96. The highest BCUT2D eigenvalue weighted by Crippen LogP contribution is 2.19. The van der Waals surface area contributed by atoms with E-state index in [2.05, 4.69) is 21.2 Å². The first kappa shape index (κ1) is 15.9. The molecule has 0 spiro atoms. The second-order valence-electron chi connectivity index (χ2n) is 5.18. The number of aliphatic hydroxyl groups is 1. The van der Waals surface area contributed by atoms with Gasteiger partial charge < -0.3 is 15.2 Å². The lowest BCUT2D eigenvalue weighted by atomic mass is 10.2. The molecule has 4 heteroatoms. The summed E-state index contributed by atoms with van der Waals surface area (Å²) in [6.45, 7) is 4.78. The first-order chi connectivity index (χ1) is 10.0. The van der Waals surface area contributed by atoms with E-state index in [4.69, 9.17) is 4.74 Å². The Kier molecular flexibility index (Phi) is 5.65. The zero-order valence-corrected chi connectivity index (χ0v) is 13.9. The maximum atomic E-state index is 9.97. The molecule has 1 unspecified atom stereocenters. The van der Waals surface area contributed by atoms with Gasteiger partial charge in [-0.3, -0.25) is 0 Å². The number of ether oxygens (including phenoxy) is 1. The van der Waals surface area contributed by atoms with Crippen molar-refractivity contribution in [2.24, 2.45) is 0 Å². The van der Waals surface area contributed by atoms with Gasteiger partial charge in [0.1, 0.15) is 18.5 Å². The molecule has 2 N–H and O–H groups in total. The number of anilines is 1. The first-order valence-corrected chi connectivity index (χ1v) is 7.71. The Bertz CT molecular complexity index is 564. The van der Waals surface area contributed by atoms with Crippen LogP contribution in [0, 0.1) is 13.8 Å². The highest BCUT2D eigenvalue weighted by Gasteiger charge is 2.06. The quantitative estimate of drug-likeness (QED) is 0.830. The predicted molar refractivity (Wildman–Crippen MR) is 90.0 cm³/mol. The molecule has 0 saturated heterocycles. The summed E-state index contributed by atoms with van der Waals surface area (Å²) in [6, 6.07) is 13.9. The van der Waals surface area contributed by atoms with E-state index in [1.165, 1.54) is 5.56 Å². The summed E-state index contributed by atoms with van der Waals surface area (Å²) in [5.41, 5.74) is 3.34. The number of hydrogen-bond acceptors (Lipinski definition) is 3. The number of rotatable bonds is 6. The molecule has 3 nitrogen and oxygen atoms in total. The van der Waals surface area contributed by atoms with E-state index in [-0.39, 0.29) is 6.61 Å². The van der Waals surface area contributed by atoms with Crippen molar-refractivity contribution < 1.29 is 9.84 Å². The smallest absolute Gasteiger partial charge is 0.119 e. The molecule has 2 aromatic rings. The number of hydrogen-bond donors (Lipinski definition) is 2. The van der Waals surface area contributed by atoms with Crippen LogP contribution in [0.3, 0.4) is 0 Å². The molecular weight excluding hydrogens is 330 g/mol. The number of halogens is 1. The summed E-state index contributed by atoms with van der Waals surface area (Å²) >= 11 is 3.46. The zero-order valence-electron chi connectivity index (χ0n) is 12.3. The number of nitrogens with one attached hydrogen (secondary N) is 1. The van der Waals surface area contributed by atoms with Gasteiger partial charge in [-0.05, 0) is 49.7 Å². The summed E-state index contributed by atoms with van der Waals surface area (Å²) < 4.78 is 6.58. The summed E-state index contributed by atoms with van der Waals surface area (Å²) in [4.78, 5) is 0. The SMILES string of the molecule is Cc1ccc(OCC(O)CNc2cc(C)cc(Br)c2)cc1. The Morgan fingerprint density at radius 3 is 2.48 bits per heavy atom. The van der Waals surface area contributed by atoms with Gasteiger partial charge in [-0.15, -0.1) is 0 Å². The molecule has 0 saturated carbocycles. The minimum absolute atomic E-state index is 0.267. The minimum atomic E-state index is -0.564. The Labute approximate surface area is 134 Å². The molecule has 2 aromatic carbocycles. The molecule has 0 amide bonds. The largest absolute Gasteiger partial charge is 0.491 e. The molecule has 0 bridgehead atoms. The summed E-state index contributed by atoms with van der Waals surface area (Å²) in [5.74, 6) is 0.776. The molecule has 0 aliphatic rings. The van der Waals surface area contributed by atoms with Gasteiger partial charge in [0, 0.05) is 16.7 Å². The zero-order chi connectivity index (χ0) is 15.2. The highest BCUT2D eigenvalue weighted by atomic mass is 79.9. The van der Waals surface area contributed by atoms with Crippen LogP contribution in [0.15, 0.2) is 46.9 Å². The van der Waals surface area contributed by atoms with E-state index in [1.807, 2.05) is 56.3 Å². The van der Waals surface area contributed by atoms with Crippen molar-refractivity contribution in [3.63, 3.8) is 0 Å². The van der Waals surface area contributed by atoms with Crippen molar-refractivity contribution in [2.75, 3.05) is 18.5 Å². The van der Waals surface area contributed by atoms with E-state index in [1.54, 1.807) is 0 Å². The Hall–Kier alpha value is -1.52. The molecule has 21 heavy (non-hydrogen) atoms. The van der Waals surface area contributed by atoms with Gasteiger partial charge in [-0.25, -0.2) is 0 Å². The van der Waals surface area contributed by atoms with Gasteiger partial charge in [-0.2, -0.15) is 0 Å². The Morgan fingerprint density at radius 2 is 1.81 bits per heavy atom. The molecule has 0 aliphatic heterocycles. The van der Waals surface area contributed by atoms with Crippen LogP contribution in [-0.4, -0.2) is 24.4 Å². The first-order valence-electron chi connectivity index (χ1n) is 6.91. The number of aryl methyl sites for hydroxylation is 2. The molecule has 0 radical (unpaired) electrons. The van der Waals surface area contributed by atoms with Gasteiger partial charge in [0.05, 0.1) is 0 Å². The van der Waals surface area contributed by atoms with E-state index in [0.717, 1.165) is 21.5 Å². The van der Waals surface area contributed by atoms with Crippen molar-refractivity contribution in [3.8, 4) is 5.75 Å². The van der Waals surface area contributed by atoms with Gasteiger partial charge in [-0.1, -0.05) is 33.6 Å². The van der Waals surface area contributed by atoms with Crippen LogP contribution in [-0.2, 0) is 0 Å². The molecule has 0 aromatic heterocycles. The van der Waals surface area contributed by atoms with Crippen LogP contribution in [0.5, 0.6) is 5.75 Å². The Morgan fingerprint density at radius 1 is 1.10 bits per heavy atom. The monoisotopic (exact) mass is 349 g/mol. The average molecular weight is 350 g/mol. The van der Waals surface area contributed by atoms with Gasteiger partial charge in [0.2, 0.25) is 0 Å². The second-order valence-corrected chi connectivity index (χ2v) is 6.09. The minimum Gasteiger partial charge on any atom is -0.491 e. The standard InChI is InChI=1S/C17H20BrNO2/c1-12-3-5-17(6-4-12)21-11-16(20)10-19-15-8-13(2)7-14(18)9-15/h3-9,16,19-20H,10-11H2,1-2H3. The van der Waals surface area contributed by atoms with Crippen LogP contribution in [0.1, 0.15) is 11.1 Å². The van der Waals surface area contributed by atoms with Gasteiger partial charge in [0.25, 0.3) is 0 Å². The van der Waals surface area contributed by atoms with E-state index in [0.29, 0.717) is 6.54 Å². The molecule has 1 atom stereocenters. The third-order valence-electron chi connectivity index (χ3n) is 3.05. The fourth-order valence-corrected chi connectivity index (χ4v) is 2.57. The summed E-state index contributed by atoms with van der Waals surface area (Å²) in [6.07, 6.45) is -0.564. The van der Waals surface area contributed by atoms with Crippen LogP contribution in [0.2, 0.25) is 0 Å². The van der Waals surface area contributed by atoms with E-state index < -0.39 is 6.10 Å². The molecule has 112 valence electrons. The lowest BCUT2D eigenvalue weighted by Gasteiger charge is -2.14. The number of benzene rings is 2. The van der Waals surface area contributed by atoms with Crippen molar-refractivity contribution in [3.05, 3.63) is 58.1 Å². The van der Waals surface area contributed by atoms with E-state index in [9.17, 15) is 5.11 Å². The molecule has 0 aliphatic carbocycles. The maximum Gasteiger partial charge on any atom is 0.119 e.